The van der Waals surface area contributed by atoms with Crippen molar-refractivity contribution >= 4 is 9.84 Å². The Hall–Kier alpha value is -0.250. The number of hydrogen-bond acceptors (Lipinski definition) is 7. The molecular formula is C19H31NO6S. The van der Waals surface area contributed by atoms with Gasteiger partial charge in [0.1, 0.15) is 6.23 Å². The summed E-state index contributed by atoms with van der Waals surface area (Å²) in [4.78, 5) is 14.2. The molecule has 1 spiro atoms. The fraction of sp³-hybridized carbons (Fsp3) is 1.00. The molecule has 7 nitrogen and oxygen atoms in total. The van der Waals surface area contributed by atoms with Crippen molar-refractivity contribution in [2.45, 2.75) is 70.4 Å². The first-order chi connectivity index (χ1) is 12.7. The van der Waals surface area contributed by atoms with Gasteiger partial charge in [-0.15, -0.1) is 0 Å². The lowest BCUT2D eigenvalue weighted by Gasteiger charge is -2.61. The number of fused-ring (bicyclic) bond motifs is 2. The Labute approximate surface area is 161 Å². The van der Waals surface area contributed by atoms with Gasteiger partial charge in [0.05, 0.1) is 11.5 Å². The maximum Gasteiger partial charge on any atom is 0.201 e. The first-order valence-corrected chi connectivity index (χ1v) is 12.2. The van der Waals surface area contributed by atoms with Crippen molar-refractivity contribution in [2.24, 2.45) is 23.7 Å². The Bertz CT molecular complexity index is 701. The van der Waals surface area contributed by atoms with Crippen LogP contribution in [0.5, 0.6) is 0 Å². The molecule has 0 aromatic rings. The largest absolute Gasteiger partial charge is 0.331 e. The number of nitrogens with zero attached hydrogens (tertiary/aromatic N) is 1. The molecule has 0 aromatic heterocycles. The van der Waals surface area contributed by atoms with Crippen molar-refractivity contribution in [3.05, 3.63) is 0 Å². The van der Waals surface area contributed by atoms with E-state index in [1.165, 1.54) is 6.42 Å². The van der Waals surface area contributed by atoms with E-state index in [9.17, 15) is 8.42 Å². The molecule has 5 aliphatic heterocycles. The van der Waals surface area contributed by atoms with Crippen LogP contribution in [-0.4, -0.2) is 61.8 Å². The molecule has 6 fully saturated rings. The van der Waals surface area contributed by atoms with E-state index in [2.05, 4.69) is 18.7 Å². The van der Waals surface area contributed by atoms with Crippen LogP contribution in [0.1, 0.15) is 46.5 Å². The van der Waals surface area contributed by atoms with Gasteiger partial charge in [0.25, 0.3) is 0 Å². The van der Waals surface area contributed by atoms with Crippen LogP contribution in [0.25, 0.3) is 0 Å². The van der Waals surface area contributed by atoms with Gasteiger partial charge >= 0.3 is 0 Å². The van der Waals surface area contributed by atoms with Gasteiger partial charge in [0.2, 0.25) is 5.79 Å². The van der Waals surface area contributed by atoms with Crippen molar-refractivity contribution in [3.8, 4) is 0 Å². The molecule has 0 amide bonds. The maximum atomic E-state index is 11.9. The zero-order valence-electron chi connectivity index (χ0n) is 16.4. The van der Waals surface area contributed by atoms with E-state index in [0.717, 1.165) is 19.3 Å². The quantitative estimate of drug-likeness (QED) is 0.622. The third-order valence-corrected chi connectivity index (χ3v) is 9.47. The summed E-state index contributed by atoms with van der Waals surface area (Å²) in [6.45, 7) is 7.51. The zero-order chi connectivity index (χ0) is 19.0. The van der Waals surface area contributed by atoms with Crippen LogP contribution in [0, 0.1) is 23.7 Å². The van der Waals surface area contributed by atoms with Crippen LogP contribution >= 0.6 is 0 Å². The van der Waals surface area contributed by atoms with E-state index >= 15 is 0 Å². The smallest absolute Gasteiger partial charge is 0.201 e. The van der Waals surface area contributed by atoms with E-state index in [0.29, 0.717) is 24.9 Å². The van der Waals surface area contributed by atoms with Crippen molar-refractivity contribution in [2.75, 3.05) is 24.6 Å². The summed E-state index contributed by atoms with van der Waals surface area (Å²) in [5.41, 5.74) is -0.550. The average Bonchev–Trinajstić information content (AvgIpc) is 2.85. The normalized spacial score (nSPS) is 54.9. The molecule has 5 heterocycles. The van der Waals surface area contributed by atoms with E-state index < -0.39 is 27.5 Å². The molecular weight excluding hydrogens is 370 g/mol. The summed E-state index contributed by atoms with van der Waals surface area (Å²) in [7, 11) is -2.92. The van der Waals surface area contributed by atoms with Gasteiger partial charge in [-0.2, -0.15) is 0 Å². The Morgan fingerprint density at radius 2 is 1.74 bits per heavy atom. The molecule has 154 valence electrons. The highest BCUT2D eigenvalue weighted by molar-refractivity contribution is 7.91. The highest BCUT2D eigenvalue weighted by Gasteiger charge is 2.69. The predicted octanol–water partition coefficient (Wildman–Crippen LogP) is 1.92. The molecule has 1 aliphatic carbocycles. The molecule has 27 heavy (non-hydrogen) atoms. The van der Waals surface area contributed by atoms with E-state index in [1.807, 2.05) is 6.92 Å². The lowest BCUT2D eigenvalue weighted by molar-refractivity contribution is -0.574. The van der Waals surface area contributed by atoms with Crippen LogP contribution in [0.2, 0.25) is 0 Å². The van der Waals surface area contributed by atoms with Gasteiger partial charge in [0.15, 0.2) is 21.7 Å². The van der Waals surface area contributed by atoms with Gasteiger partial charge in [0, 0.05) is 31.3 Å². The van der Waals surface area contributed by atoms with Crippen molar-refractivity contribution in [3.63, 3.8) is 0 Å². The van der Waals surface area contributed by atoms with Crippen LogP contribution in [-0.2, 0) is 29.1 Å². The molecule has 1 saturated carbocycles. The zero-order valence-corrected chi connectivity index (χ0v) is 17.2. The highest BCUT2D eigenvalue weighted by atomic mass is 32.2. The van der Waals surface area contributed by atoms with Gasteiger partial charge in [-0.25, -0.2) is 18.2 Å². The first kappa shape index (κ1) is 18.8. The lowest BCUT2D eigenvalue weighted by atomic mass is 9.58. The third-order valence-electron chi connectivity index (χ3n) is 7.86. The molecule has 8 atom stereocenters. The molecule has 0 aromatic carbocycles. The molecule has 6 aliphatic rings. The Balaban J connectivity index is 1.48. The van der Waals surface area contributed by atoms with Crippen molar-refractivity contribution in [1.29, 1.82) is 0 Å². The third kappa shape index (κ3) is 2.74. The second-order valence-corrected chi connectivity index (χ2v) is 11.8. The average molecular weight is 402 g/mol. The summed E-state index contributed by atoms with van der Waals surface area (Å²) in [6.07, 6.45) is 3.46. The number of rotatable bonds is 1. The SMILES string of the molecule is CC1CC[C@H]2[C@@H](C)C(N3CCS(=O)(=O)CC3)OC3O[C@]4(C)CCC1[C@]32OO4. The Morgan fingerprint density at radius 3 is 2.48 bits per heavy atom. The summed E-state index contributed by atoms with van der Waals surface area (Å²) in [5, 5.41) is 0. The monoisotopic (exact) mass is 401 g/mol. The lowest BCUT2D eigenvalue weighted by Crippen LogP contribution is -2.72. The number of ether oxygens (including phenoxy) is 2. The number of sulfone groups is 1. The second-order valence-electron chi connectivity index (χ2n) is 9.48. The topological polar surface area (TPSA) is 74.3 Å². The van der Waals surface area contributed by atoms with Gasteiger partial charge in [-0.05, 0) is 38.0 Å². The summed E-state index contributed by atoms with van der Waals surface area (Å²) >= 11 is 0. The molecule has 0 N–H and O–H groups in total. The first-order valence-electron chi connectivity index (χ1n) is 10.4. The highest BCUT2D eigenvalue weighted by Crippen LogP contribution is 2.60. The summed E-state index contributed by atoms with van der Waals surface area (Å²) in [6, 6.07) is 0. The minimum Gasteiger partial charge on any atom is -0.331 e. The molecule has 6 rings (SSSR count). The second kappa shape index (κ2) is 6.12. The summed E-state index contributed by atoms with van der Waals surface area (Å²) in [5.74, 6) is 1.05. The summed E-state index contributed by atoms with van der Waals surface area (Å²) < 4.78 is 36.7. The van der Waals surface area contributed by atoms with Crippen molar-refractivity contribution < 1.29 is 27.7 Å². The van der Waals surface area contributed by atoms with E-state index in [-0.39, 0.29) is 29.6 Å². The van der Waals surface area contributed by atoms with Crippen LogP contribution < -0.4 is 0 Å². The molecule has 0 radical (unpaired) electrons. The Kier molecular flexibility index (Phi) is 4.25. The van der Waals surface area contributed by atoms with Crippen LogP contribution in [0.3, 0.4) is 0 Å². The maximum absolute atomic E-state index is 11.9. The van der Waals surface area contributed by atoms with Gasteiger partial charge in [-0.3, -0.25) is 4.90 Å². The van der Waals surface area contributed by atoms with Gasteiger partial charge < -0.3 is 9.47 Å². The number of hydrogen-bond donors (Lipinski definition) is 0. The van der Waals surface area contributed by atoms with E-state index in [4.69, 9.17) is 19.2 Å². The minimum absolute atomic E-state index is 0.137. The molecule has 2 bridgehead atoms. The predicted molar refractivity (Wildman–Crippen MR) is 97.1 cm³/mol. The van der Waals surface area contributed by atoms with E-state index in [1.54, 1.807) is 0 Å². The molecule has 8 heteroatoms. The Morgan fingerprint density at radius 1 is 1.00 bits per heavy atom. The minimum atomic E-state index is -2.92. The fourth-order valence-electron chi connectivity index (χ4n) is 6.29. The fourth-order valence-corrected chi connectivity index (χ4v) is 7.51. The van der Waals surface area contributed by atoms with Crippen LogP contribution in [0.4, 0.5) is 0 Å². The van der Waals surface area contributed by atoms with Crippen molar-refractivity contribution in [1.82, 2.24) is 4.90 Å². The van der Waals surface area contributed by atoms with Gasteiger partial charge in [-0.1, -0.05) is 13.8 Å². The standard InChI is InChI=1S/C19H31NO6S/c1-12-4-5-15-13(2)16(20-8-10-27(21,22)11-9-20)23-17-19(15)14(12)6-7-18(3,24-17)25-26-19/h12-17H,4-11H2,1-3H3/t12?,13-,14?,15+,16?,17?,18+,19-/m1/s1. The molecule has 5 saturated heterocycles. The van der Waals surface area contributed by atoms with Crippen LogP contribution in [0.15, 0.2) is 0 Å². The molecule has 4 unspecified atom stereocenters.